The predicted molar refractivity (Wildman–Crippen MR) is 198 cm³/mol. The van der Waals surface area contributed by atoms with Crippen molar-refractivity contribution in [3.05, 3.63) is 125 Å². The molecule has 0 spiro atoms. The number of nitriles is 1. The third-order valence-electron chi connectivity index (χ3n) is 6.83. The molecule has 0 atom stereocenters. The van der Waals surface area contributed by atoms with Crippen molar-refractivity contribution in [2.24, 2.45) is 22.9 Å². The number of aldehydes is 2. The van der Waals surface area contributed by atoms with E-state index in [0.717, 1.165) is 6.07 Å². The van der Waals surface area contributed by atoms with Crippen molar-refractivity contribution in [2.75, 3.05) is 31.3 Å². The Bertz CT molecular complexity index is 2010. The van der Waals surface area contributed by atoms with E-state index in [9.17, 15) is 33.9 Å². The van der Waals surface area contributed by atoms with Crippen LogP contribution in [0.15, 0.2) is 97.4 Å². The minimum Gasteiger partial charge on any atom is -0.492 e. The molecule has 0 aliphatic rings. The van der Waals surface area contributed by atoms with Gasteiger partial charge >= 0.3 is 11.9 Å². The molecule has 0 amide bonds. The van der Waals surface area contributed by atoms with Crippen LogP contribution in [-0.4, -0.2) is 74.5 Å². The van der Waals surface area contributed by atoms with Crippen molar-refractivity contribution in [3.8, 4) is 11.8 Å². The molecule has 19 heteroatoms. The molecule has 2 heterocycles. The van der Waals surface area contributed by atoms with Crippen molar-refractivity contribution in [3.63, 3.8) is 0 Å². The highest BCUT2D eigenvalue weighted by molar-refractivity contribution is 5.95. The first-order chi connectivity index (χ1) is 25.8. The van der Waals surface area contributed by atoms with Gasteiger partial charge in [-0.1, -0.05) is 0 Å². The van der Waals surface area contributed by atoms with Gasteiger partial charge in [0.05, 0.1) is 40.4 Å². The van der Waals surface area contributed by atoms with Gasteiger partial charge in [0.2, 0.25) is 0 Å². The van der Waals surface area contributed by atoms with Gasteiger partial charge in [-0.3, -0.25) is 18.7 Å². The van der Waals surface area contributed by atoms with E-state index in [2.05, 4.69) is 20.6 Å². The van der Waals surface area contributed by atoms with Crippen molar-refractivity contribution in [2.45, 2.75) is 6.42 Å². The summed E-state index contributed by atoms with van der Waals surface area (Å²) < 4.78 is 23.0. The Hall–Kier alpha value is -7.88. The maximum atomic E-state index is 14.2. The Balaban J connectivity index is 0.000000321. The van der Waals surface area contributed by atoms with Crippen molar-refractivity contribution < 1.29 is 38.5 Å². The fourth-order valence-corrected chi connectivity index (χ4v) is 4.07. The van der Waals surface area contributed by atoms with Crippen LogP contribution in [0.5, 0.6) is 5.75 Å². The van der Waals surface area contributed by atoms with E-state index in [-0.39, 0.29) is 63.8 Å². The normalized spacial score (nSPS) is 11.4. The highest BCUT2D eigenvalue weighted by atomic mass is 19.1. The van der Waals surface area contributed by atoms with Gasteiger partial charge in [-0.25, -0.2) is 23.9 Å². The molecule has 0 fully saturated rings. The van der Waals surface area contributed by atoms with Gasteiger partial charge < -0.3 is 48.5 Å². The number of carboxylic acids is 2. The lowest BCUT2D eigenvalue weighted by Crippen LogP contribution is -2.09. The number of anilines is 2. The lowest BCUT2D eigenvalue weighted by atomic mass is 10.1. The Kier molecular flexibility index (Phi) is 16.7. The maximum Gasteiger partial charge on any atom is 0.337 e. The first kappa shape index (κ1) is 42.3. The maximum absolute atomic E-state index is 14.2. The number of carbonyl (C=O) groups is 4. The number of carbonyl (C=O) groups excluding carboxylic acids is 2. The molecule has 2 aromatic heterocycles. The number of nitrogens with zero attached hydrogens (tertiary/aromatic N) is 5. The molecule has 12 N–H and O–H groups in total. The first-order valence-electron chi connectivity index (χ1n) is 15.4. The van der Waals surface area contributed by atoms with E-state index in [1.54, 1.807) is 46.6 Å². The number of nitrogens with one attached hydrogen (secondary N) is 2. The van der Waals surface area contributed by atoms with Crippen LogP contribution in [0, 0.1) is 17.1 Å². The number of aromatic nitrogens is 4. The molecule has 0 bridgehead atoms. The van der Waals surface area contributed by atoms with Crippen LogP contribution >= 0.6 is 0 Å². The topological polar surface area (TPSA) is 306 Å². The third-order valence-corrected chi connectivity index (χ3v) is 6.83. The molecule has 0 radical (unpaired) electrons. The molecule has 54 heavy (non-hydrogen) atoms. The number of nitrogens with two attached hydrogens (primary N) is 4. The first-order valence-corrected chi connectivity index (χ1v) is 15.4. The number of ether oxygens (including phenoxy) is 1. The average molecular weight is 744 g/mol. The average Bonchev–Trinajstić information content (AvgIpc) is 3.92. The van der Waals surface area contributed by atoms with Gasteiger partial charge in [0.1, 0.15) is 41.9 Å². The van der Waals surface area contributed by atoms with Crippen LogP contribution in [0.2, 0.25) is 0 Å². The van der Waals surface area contributed by atoms with Crippen LogP contribution in [0.3, 0.4) is 0 Å². The highest BCUT2D eigenvalue weighted by Gasteiger charge is 2.17. The van der Waals surface area contributed by atoms with E-state index in [4.69, 9.17) is 32.8 Å². The number of carboxylic acid groups (broad SMARTS) is 2. The van der Waals surface area contributed by atoms with Crippen LogP contribution in [0.25, 0.3) is 11.6 Å². The number of aromatic carboxylic acids is 2. The summed E-state index contributed by atoms with van der Waals surface area (Å²) in [5.74, 6) is -2.06. The number of imidazole rings is 2. The van der Waals surface area contributed by atoms with E-state index < -0.39 is 17.8 Å². The molecule has 4 rings (SSSR count). The molecular formula is C35H38FN11O7. The molecule has 0 saturated heterocycles. The zero-order valence-corrected chi connectivity index (χ0v) is 29.0. The second kappa shape index (κ2) is 21.4. The quantitative estimate of drug-likeness (QED) is 0.0521. The summed E-state index contributed by atoms with van der Waals surface area (Å²) in [4.78, 5) is 50.3. The summed E-state index contributed by atoms with van der Waals surface area (Å²) in [5.41, 5.74) is 22.5. The fraction of sp³-hybridized carbons (Fsp3) is 0.114. The van der Waals surface area contributed by atoms with E-state index >= 15 is 0 Å². The van der Waals surface area contributed by atoms with Crippen molar-refractivity contribution >= 4 is 47.5 Å². The molecular weight excluding hydrogens is 705 g/mol. The summed E-state index contributed by atoms with van der Waals surface area (Å²) in [6, 6.07) is 6.79. The number of allylic oxidation sites excluding steroid dienone is 6. The van der Waals surface area contributed by atoms with Crippen LogP contribution in [-0.2, 0) is 16.0 Å². The smallest absolute Gasteiger partial charge is 0.337 e. The highest BCUT2D eigenvalue weighted by Crippen LogP contribution is 2.28. The zero-order valence-electron chi connectivity index (χ0n) is 29.0. The number of halogens is 1. The largest absolute Gasteiger partial charge is 0.492 e. The molecule has 0 unspecified atom stereocenters. The minimum atomic E-state index is -1.25. The SMILES string of the molecule is CNc1cc(CCOc2cc(NC)c(C(=O)O)cc2C#N)c(F)cc1C(=O)O.N/C(C=O)=C\C=C(/N)n1ccnc1.N/C(C=O)=C\C=C(/N)n1ccnc1. The summed E-state index contributed by atoms with van der Waals surface area (Å²) in [6.07, 6.45) is 16.8. The van der Waals surface area contributed by atoms with Gasteiger partial charge in [0.15, 0.2) is 12.6 Å². The summed E-state index contributed by atoms with van der Waals surface area (Å²) in [7, 11) is 3.07. The van der Waals surface area contributed by atoms with Gasteiger partial charge in [0.25, 0.3) is 0 Å². The van der Waals surface area contributed by atoms with E-state index in [1.165, 1.54) is 56.6 Å². The number of benzene rings is 2. The molecule has 0 aliphatic carbocycles. The Morgan fingerprint density at radius 3 is 1.72 bits per heavy atom. The molecule has 4 aromatic rings. The Morgan fingerprint density at radius 2 is 1.31 bits per heavy atom. The van der Waals surface area contributed by atoms with Gasteiger partial charge in [-0.05, 0) is 48.1 Å². The van der Waals surface area contributed by atoms with Gasteiger partial charge in [-0.15, -0.1) is 0 Å². The predicted octanol–water partition coefficient (Wildman–Crippen LogP) is 2.16. The van der Waals surface area contributed by atoms with Crippen LogP contribution < -0.4 is 38.3 Å². The molecule has 2 aromatic carbocycles. The number of rotatable bonds is 14. The summed E-state index contributed by atoms with van der Waals surface area (Å²) >= 11 is 0. The second-order valence-corrected chi connectivity index (χ2v) is 10.4. The fourth-order valence-electron chi connectivity index (χ4n) is 4.07. The summed E-state index contributed by atoms with van der Waals surface area (Å²) in [6.45, 7) is -0.00323. The molecule has 0 saturated carbocycles. The van der Waals surface area contributed by atoms with Crippen LogP contribution in [0.4, 0.5) is 15.8 Å². The van der Waals surface area contributed by atoms with Crippen molar-refractivity contribution in [1.82, 2.24) is 19.1 Å². The zero-order chi connectivity index (χ0) is 40.2. The molecule has 282 valence electrons. The lowest BCUT2D eigenvalue weighted by Gasteiger charge is -2.13. The minimum absolute atomic E-state index is 0.00323. The van der Waals surface area contributed by atoms with Crippen molar-refractivity contribution in [1.29, 1.82) is 5.26 Å². The second-order valence-electron chi connectivity index (χ2n) is 10.4. The van der Waals surface area contributed by atoms with Crippen LogP contribution in [0.1, 0.15) is 31.8 Å². The lowest BCUT2D eigenvalue weighted by molar-refractivity contribution is -0.105. The van der Waals surface area contributed by atoms with E-state index in [1.807, 2.05) is 6.07 Å². The number of hydrogen-bond donors (Lipinski definition) is 8. The molecule has 0 aliphatic heterocycles. The Labute approximate surface area is 308 Å². The van der Waals surface area contributed by atoms with Gasteiger partial charge in [-0.2, -0.15) is 5.26 Å². The standard InChI is InChI=1S/C19H18FN3O5.2C8H10N4O/c1-22-15-6-10(14(20)7-13(15)19(26)27)3-4-28-17-8-16(23-2)12(18(24)25)5-11(17)9-21;2*9-7(5-13)1-2-8(10)12-4-3-11-6-12/h5-8,22-23H,3-4H2,1-2H3,(H,24,25)(H,26,27);2*1-6H,9-10H2/b;2*7-1-,8-2+. The third kappa shape index (κ3) is 12.8. The number of hydrogen-bond acceptors (Lipinski definition) is 14. The molecule has 18 nitrogen and oxygen atoms in total. The monoisotopic (exact) mass is 743 g/mol. The Morgan fingerprint density at radius 1 is 0.833 bits per heavy atom. The summed E-state index contributed by atoms with van der Waals surface area (Å²) in [5, 5.41) is 33.0. The van der Waals surface area contributed by atoms with Gasteiger partial charge in [0, 0.05) is 57.1 Å². The van der Waals surface area contributed by atoms with E-state index in [0.29, 0.717) is 24.2 Å².